The highest BCUT2D eigenvalue weighted by atomic mass is 35.5. The first-order valence-electron chi connectivity index (χ1n) is 4.22. The number of hydrogen-bond acceptors (Lipinski definition) is 2. The molecule has 13 heavy (non-hydrogen) atoms. The maximum Gasteiger partial charge on any atom is 0.140 e. The molecule has 0 bridgehead atoms. The molecule has 1 heterocycles. The van der Waals surface area contributed by atoms with Gasteiger partial charge in [0.1, 0.15) is 5.66 Å². The first-order chi connectivity index (χ1) is 6.23. The quantitative estimate of drug-likeness (QED) is 0.683. The summed E-state index contributed by atoms with van der Waals surface area (Å²) in [5.74, 6) is 0.470. The lowest BCUT2D eigenvalue weighted by Gasteiger charge is -2.29. The van der Waals surface area contributed by atoms with E-state index in [1.807, 2.05) is 37.4 Å². The van der Waals surface area contributed by atoms with Crippen LogP contribution < -0.4 is 5.32 Å². The van der Waals surface area contributed by atoms with E-state index in [4.69, 9.17) is 11.6 Å². The van der Waals surface area contributed by atoms with Crippen molar-refractivity contribution in [1.29, 1.82) is 0 Å². The summed E-state index contributed by atoms with van der Waals surface area (Å²) < 4.78 is 0. The zero-order chi connectivity index (χ0) is 9.31. The number of halogens is 1. The topological polar surface area (TPSA) is 24.4 Å². The number of nitrogens with zero attached hydrogens (tertiary/aromatic N) is 1. The van der Waals surface area contributed by atoms with Gasteiger partial charge in [0.05, 0.1) is 5.88 Å². The lowest BCUT2D eigenvalue weighted by Crippen LogP contribution is -2.37. The summed E-state index contributed by atoms with van der Waals surface area (Å²) in [5, 5.41) is 3.29. The van der Waals surface area contributed by atoms with E-state index in [0.717, 1.165) is 11.3 Å². The first kappa shape index (κ1) is 8.57. The van der Waals surface area contributed by atoms with Crippen LogP contribution in [0.3, 0.4) is 0 Å². The van der Waals surface area contributed by atoms with Gasteiger partial charge in [-0.3, -0.25) is 4.99 Å². The number of para-hydroxylation sites is 1. The van der Waals surface area contributed by atoms with Gasteiger partial charge in [-0.05, 0) is 13.0 Å². The lowest BCUT2D eigenvalue weighted by atomic mass is 10.1. The third-order valence-electron chi connectivity index (χ3n) is 2.11. The van der Waals surface area contributed by atoms with Gasteiger partial charge in [-0.1, -0.05) is 18.2 Å². The fourth-order valence-electron chi connectivity index (χ4n) is 1.33. The molecular formula is C10H11ClN2. The summed E-state index contributed by atoms with van der Waals surface area (Å²) in [6.07, 6.45) is 1.87. The first-order valence-corrected chi connectivity index (χ1v) is 4.75. The van der Waals surface area contributed by atoms with E-state index in [2.05, 4.69) is 10.3 Å². The zero-order valence-electron chi connectivity index (χ0n) is 7.42. The highest BCUT2D eigenvalue weighted by molar-refractivity contribution is 6.19. The zero-order valence-corrected chi connectivity index (χ0v) is 8.17. The second-order valence-corrected chi connectivity index (χ2v) is 3.65. The molecule has 1 aliphatic rings. The minimum Gasteiger partial charge on any atom is -0.360 e. The Morgan fingerprint density at radius 1 is 1.46 bits per heavy atom. The molecule has 0 radical (unpaired) electrons. The molecule has 0 saturated heterocycles. The number of rotatable bonds is 1. The van der Waals surface area contributed by atoms with Crippen molar-refractivity contribution >= 4 is 23.5 Å². The van der Waals surface area contributed by atoms with Gasteiger partial charge >= 0.3 is 0 Å². The Labute approximate surface area is 82.6 Å². The highest BCUT2D eigenvalue weighted by Gasteiger charge is 2.24. The van der Waals surface area contributed by atoms with Crippen molar-refractivity contribution in [2.75, 3.05) is 11.2 Å². The van der Waals surface area contributed by atoms with Gasteiger partial charge < -0.3 is 5.32 Å². The standard InChI is InChI=1S/C10H11ClN2/c1-10(7-11)12-6-8-4-2-3-5-9(8)13-10/h2-6,13H,7H2,1H3. The highest BCUT2D eigenvalue weighted by Crippen LogP contribution is 2.24. The van der Waals surface area contributed by atoms with Gasteiger partial charge in [-0.25, -0.2) is 0 Å². The maximum atomic E-state index is 5.81. The van der Waals surface area contributed by atoms with Gasteiger partial charge in [0, 0.05) is 17.5 Å². The van der Waals surface area contributed by atoms with Crippen LogP contribution in [0, 0.1) is 0 Å². The Morgan fingerprint density at radius 2 is 2.23 bits per heavy atom. The van der Waals surface area contributed by atoms with Crippen LogP contribution in [0.25, 0.3) is 0 Å². The SMILES string of the molecule is CC1(CCl)N=Cc2ccccc2N1. The summed E-state index contributed by atoms with van der Waals surface area (Å²) in [7, 11) is 0. The van der Waals surface area contributed by atoms with Crippen LogP contribution in [-0.4, -0.2) is 17.8 Å². The van der Waals surface area contributed by atoms with Gasteiger partial charge in [-0.15, -0.1) is 11.6 Å². The summed E-state index contributed by atoms with van der Waals surface area (Å²) in [5.41, 5.74) is 1.86. The molecule has 2 nitrogen and oxygen atoms in total. The molecule has 1 aromatic rings. The monoisotopic (exact) mass is 194 g/mol. The normalized spacial score (nSPS) is 25.1. The molecule has 0 aromatic heterocycles. The van der Waals surface area contributed by atoms with E-state index in [1.165, 1.54) is 0 Å². The molecule has 0 spiro atoms. The number of benzene rings is 1. The van der Waals surface area contributed by atoms with Crippen molar-refractivity contribution < 1.29 is 0 Å². The van der Waals surface area contributed by atoms with Crippen LogP contribution in [0.4, 0.5) is 5.69 Å². The smallest absolute Gasteiger partial charge is 0.140 e. The number of anilines is 1. The molecule has 0 aliphatic carbocycles. The van der Waals surface area contributed by atoms with Crippen molar-refractivity contribution in [3.8, 4) is 0 Å². The Balaban J connectivity index is 2.39. The van der Waals surface area contributed by atoms with E-state index in [0.29, 0.717) is 5.88 Å². The Bertz CT molecular complexity index is 349. The molecule has 1 aromatic carbocycles. The second-order valence-electron chi connectivity index (χ2n) is 3.38. The molecule has 1 N–H and O–H groups in total. The molecule has 1 unspecified atom stereocenters. The molecule has 68 valence electrons. The van der Waals surface area contributed by atoms with Crippen LogP contribution in [0.15, 0.2) is 29.3 Å². The van der Waals surface area contributed by atoms with E-state index in [9.17, 15) is 0 Å². The van der Waals surface area contributed by atoms with Crippen molar-refractivity contribution in [3.63, 3.8) is 0 Å². The summed E-state index contributed by atoms with van der Waals surface area (Å²) in [4.78, 5) is 4.35. The van der Waals surface area contributed by atoms with Crippen LogP contribution in [0.2, 0.25) is 0 Å². The third-order valence-corrected chi connectivity index (χ3v) is 2.63. The minimum absolute atomic E-state index is 0.351. The molecule has 0 amide bonds. The number of aliphatic imine (C=N–C) groups is 1. The van der Waals surface area contributed by atoms with E-state index in [-0.39, 0.29) is 5.66 Å². The largest absolute Gasteiger partial charge is 0.360 e. The third kappa shape index (κ3) is 1.54. The van der Waals surface area contributed by atoms with Gasteiger partial charge in [0.25, 0.3) is 0 Å². The van der Waals surface area contributed by atoms with Crippen LogP contribution in [0.1, 0.15) is 12.5 Å². The van der Waals surface area contributed by atoms with Crippen LogP contribution >= 0.6 is 11.6 Å². The fourth-order valence-corrected chi connectivity index (χ4v) is 1.46. The Kier molecular flexibility index (Phi) is 2.00. The molecule has 2 rings (SSSR count). The minimum atomic E-state index is -0.351. The molecule has 3 heteroatoms. The van der Waals surface area contributed by atoms with E-state index < -0.39 is 0 Å². The van der Waals surface area contributed by atoms with E-state index >= 15 is 0 Å². The van der Waals surface area contributed by atoms with Crippen molar-refractivity contribution in [3.05, 3.63) is 29.8 Å². The Hall–Kier alpha value is -1.02. The number of nitrogens with one attached hydrogen (secondary N) is 1. The van der Waals surface area contributed by atoms with Crippen LogP contribution in [0.5, 0.6) is 0 Å². The molecule has 0 fully saturated rings. The molecular weight excluding hydrogens is 184 g/mol. The fraction of sp³-hybridized carbons (Fsp3) is 0.300. The van der Waals surface area contributed by atoms with Crippen molar-refractivity contribution in [2.45, 2.75) is 12.6 Å². The van der Waals surface area contributed by atoms with E-state index in [1.54, 1.807) is 0 Å². The second kappa shape index (κ2) is 3.04. The number of hydrogen-bond donors (Lipinski definition) is 1. The average Bonchev–Trinajstić information content (AvgIpc) is 2.18. The van der Waals surface area contributed by atoms with Gasteiger partial charge in [0.15, 0.2) is 0 Å². The molecule has 0 saturated carbocycles. The van der Waals surface area contributed by atoms with Crippen LogP contribution in [-0.2, 0) is 0 Å². The van der Waals surface area contributed by atoms with Gasteiger partial charge in [-0.2, -0.15) is 0 Å². The lowest BCUT2D eigenvalue weighted by molar-refractivity contribution is 0.607. The summed E-state index contributed by atoms with van der Waals surface area (Å²) in [6, 6.07) is 8.06. The summed E-state index contributed by atoms with van der Waals surface area (Å²) in [6.45, 7) is 1.98. The average molecular weight is 195 g/mol. The molecule has 1 atom stereocenters. The number of fused-ring (bicyclic) bond motifs is 1. The van der Waals surface area contributed by atoms with Gasteiger partial charge in [0.2, 0.25) is 0 Å². The maximum absolute atomic E-state index is 5.81. The van der Waals surface area contributed by atoms with Crippen molar-refractivity contribution in [2.24, 2.45) is 4.99 Å². The molecule has 1 aliphatic heterocycles. The number of alkyl halides is 1. The van der Waals surface area contributed by atoms with Crippen molar-refractivity contribution in [1.82, 2.24) is 0 Å². The Morgan fingerprint density at radius 3 is 3.00 bits per heavy atom. The summed E-state index contributed by atoms with van der Waals surface area (Å²) >= 11 is 5.81. The predicted octanol–water partition coefficient (Wildman–Crippen LogP) is 2.49. The predicted molar refractivity (Wildman–Crippen MR) is 56.8 cm³/mol.